The third-order valence-corrected chi connectivity index (χ3v) is 3.04. The van der Waals surface area contributed by atoms with E-state index in [0.717, 1.165) is 5.56 Å². The van der Waals surface area contributed by atoms with Crippen LogP contribution in [0.4, 0.5) is 0 Å². The zero-order valence-corrected chi connectivity index (χ0v) is 11.4. The Labute approximate surface area is 117 Å². The van der Waals surface area contributed by atoms with Gasteiger partial charge in [0.2, 0.25) is 0 Å². The van der Waals surface area contributed by atoms with Crippen molar-refractivity contribution in [3.63, 3.8) is 0 Å². The molecule has 0 radical (unpaired) electrons. The monoisotopic (exact) mass is 274 g/mol. The van der Waals surface area contributed by atoms with Gasteiger partial charge in [0.25, 0.3) is 5.91 Å². The number of hydrogen-bond acceptors (Lipinski definition) is 3. The molecule has 0 aromatic heterocycles. The number of ether oxygens (including phenoxy) is 1. The summed E-state index contributed by atoms with van der Waals surface area (Å²) in [5.74, 6) is 0.550. The third kappa shape index (κ3) is 2.66. The van der Waals surface area contributed by atoms with Gasteiger partial charge in [-0.15, -0.1) is 6.58 Å². The second-order valence-corrected chi connectivity index (χ2v) is 4.32. The van der Waals surface area contributed by atoms with Crippen molar-refractivity contribution < 1.29 is 9.53 Å². The Kier molecular flexibility index (Phi) is 3.97. The first-order valence-corrected chi connectivity index (χ1v) is 6.16. The Balaban J connectivity index is 2.32. The van der Waals surface area contributed by atoms with E-state index in [2.05, 4.69) is 11.9 Å². The SMILES string of the molecule is C=CCN1C(=O)/C(=C\c2ccccc2OC)NC1=S. The molecule has 1 aromatic carbocycles. The van der Waals surface area contributed by atoms with Crippen LogP contribution in [0.15, 0.2) is 42.6 Å². The van der Waals surface area contributed by atoms with Gasteiger partial charge >= 0.3 is 0 Å². The molecule has 5 heteroatoms. The molecule has 1 fully saturated rings. The highest BCUT2D eigenvalue weighted by Gasteiger charge is 2.29. The molecule has 0 aliphatic carbocycles. The van der Waals surface area contributed by atoms with Crippen LogP contribution in [-0.2, 0) is 4.79 Å². The number of rotatable bonds is 4. The number of carbonyl (C=O) groups is 1. The number of methoxy groups -OCH3 is 1. The molecule has 0 saturated carbocycles. The summed E-state index contributed by atoms with van der Waals surface area (Å²) < 4.78 is 5.25. The lowest BCUT2D eigenvalue weighted by Gasteiger charge is -2.09. The van der Waals surface area contributed by atoms with Crippen molar-refractivity contribution in [3.8, 4) is 5.75 Å². The number of carbonyl (C=O) groups excluding carboxylic acids is 1. The molecule has 0 unspecified atom stereocenters. The van der Waals surface area contributed by atoms with Gasteiger partial charge in [-0.1, -0.05) is 24.3 Å². The summed E-state index contributed by atoms with van der Waals surface area (Å²) >= 11 is 5.11. The van der Waals surface area contributed by atoms with E-state index < -0.39 is 0 Å². The zero-order chi connectivity index (χ0) is 13.8. The van der Waals surface area contributed by atoms with Crippen LogP contribution >= 0.6 is 12.2 Å². The van der Waals surface area contributed by atoms with Crippen molar-refractivity contribution in [3.05, 3.63) is 48.2 Å². The van der Waals surface area contributed by atoms with Crippen molar-refractivity contribution in [1.82, 2.24) is 10.2 Å². The first kappa shape index (κ1) is 13.3. The fraction of sp³-hybridized carbons (Fsp3) is 0.143. The van der Waals surface area contributed by atoms with Crippen LogP contribution < -0.4 is 10.1 Å². The molecule has 2 rings (SSSR count). The van der Waals surface area contributed by atoms with Crippen molar-refractivity contribution in [2.24, 2.45) is 0 Å². The van der Waals surface area contributed by atoms with Crippen molar-refractivity contribution in [2.75, 3.05) is 13.7 Å². The fourth-order valence-corrected chi connectivity index (χ4v) is 2.08. The van der Waals surface area contributed by atoms with E-state index >= 15 is 0 Å². The Morgan fingerprint density at radius 1 is 1.47 bits per heavy atom. The van der Waals surface area contributed by atoms with Crippen molar-refractivity contribution >= 4 is 29.3 Å². The smallest absolute Gasteiger partial charge is 0.276 e. The van der Waals surface area contributed by atoms with Crippen LogP contribution in [0, 0.1) is 0 Å². The predicted molar refractivity (Wildman–Crippen MR) is 78.6 cm³/mol. The molecular formula is C14H14N2O2S. The lowest BCUT2D eigenvalue weighted by atomic mass is 10.1. The molecule has 1 N–H and O–H groups in total. The molecule has 98 valence electrons. The van der Waals surface area contributed by atoms with Crippen LogP contribution in [0.3, 0.4) is 0 Å². The fourth-order valence-electron chi connectivity index (χ4n) is 1.81. The summed E-state index contributed by atoms with van der Waals surface area (Å²) in [4.78, 5) is 13.6. The lowest BCUT2D eigenvalue weighted by Crippen LogP contribution is -2.30. The summed E-state index contributed by atoms with van der Waals surface area (Å²) in [6.45, 7) is 4.01. The van der Waals surface area contributed by atoms with E-state index in [1.807, 2.05) is 24.3 Å². The summed E-state index contributed by atoms with van der Waals surface area (Å²) in [5, 5.41) is 3.30. The topological polar surface area (TPSA) is 41.6 Å². The maximum Gasteiger partial charge on any atom is 0.276 e. The number of hydrogen-bond donors (Lipinski definition) is 1. The molecule has 0 atom stereocenters. The predicted octanol–water partition coefficient (Wildman–Crippen LogP) is 1.94. The number of amides is 1. The molecule has 4 nitrogen and oxygen atoms in total. The summed E-state index contributed by atoms with van der Waals surface area (Å²) in [6, 6.07) is 7.47. The summed E-state index contributed by atoms with van der Waals surface area (Å²) in [7, 11) is 1.59. The van der Waals surface area contributed by atoms with Crippen molar-refractivity contribution in [2.45, 2.75) is 0 Å². The second-order valence-electron chi connectivity index (χ2n) is 3.93. The van der Waals surface area contributed by atoms with E-state index in [1.54, 1.807) is 19.3 Å². The van der Waals surface area contributed by atoms with Gasteiger partial charge in [0.05, 0.1) is 7.11 Å². The lowest BCUT2D eigenvalue weighted by molar-refractivity contribution is -0.122. The van der Waals surface area contributed by atoms with Gasteiger partial charge in [-0.3, -0.25) is 9.69 Å². The largest absolute Gasteiger partial charge is 0.496 e. The standard InChI is InChI=1S/C14H14N2O2S/c1-3-8-16-13(17)11(15-14(16)19)9-10-6-4-5-7-12(10)18-2/h3-7,9H,1,8H2,2H3,(H,15,19)/b11-9+. The molecule has 0 bridgehead atoms. The van der Waals surface area contributed by atoms with Gasteiger partial charge in [0, 0.05) is 12.1 Å². The Hall–Kier alpha value is -2.14. The van der Waals surface area contributed by atoms with E-state index in [9.17, 15) is 4.79 Å². The molecular weight excluding hydrogens is 260 g/mol. The third-order valence-electron chi connectivity index (χ3n) is 2.71. The highest BCUT2D eigenvalue weighted by molar-refractivity contribution is 7.80. The number of thiocarbonyl (C=S) groups is 1. The van der Waals surface area contributed by atoms with E-state index in [0.29, 0.717) is 23.1 Å². The van der Waals surface area contributed by atoms with Crippen LogP contribution in [0.1, 0.15) is 5.56 Å². The van der Waals surface area contributed by atoms with Crippen LogP contribution in [0.25, 0.3) is 6.08 Å². The molecule has 1 aliphatic rings. The van der Waals surface area contributed by atoms with Gasteiger partial charge in [-0.05, 0) is 24.4 Å². The molecule has 1 heterocycles. The normalized spacial score (nSPS) is 16.7. The maximum atomic E-state index is 12.1. The van der Waals surface area contributed by atoms with Gasteiger partial charge in [0.15, 0.2) is 5.11 Å². The number of benzene rings is 1. The van der Waals surface area contributed by atoms with Crippen LogP contribution in [0.2, 0.25) is 0 Å². The Morgan fingerprint density at radius 2 is 2.21 bits per heavy atom. The molecule has 1 amide bonds. The average molecular weight is 274 g/mol. The quantitative estimate of drug-likeness (QED) is 0.517. The number of nitrogens with zero attached hydrogens (tertiary/aromatic N) is 1. The minimum absolute atomic E-state index is 0.157. The number of para-hydroxylation sites is 1. The number of nitrogens with one attached hydrogen (secondary N) is 1. The van der Waals surface area contributed by atoms with E-state index in [-0.39, 0.29) is 5.91 Å². The molecule has 1 saturated heterocycles. The Morgan fingerprint density at radius 3 is 2.89 bits per heavy atom. The molecule has 19 heavy (non-hydrogen) atoms. The van der Waals surface area contributed by atoms with Crippen LogP contribution in [0.5, 0.6) is 5.75 Å². The molecule has 0 spiro atoms. The van der Waals surface area contributed by atoms with Crippen LogP contribution in [-0.4, -0.2) is 29.6 Å². The van der Waals surface area contributed by atoms with E-state index in [1.165, 1.54) is 4.90 Å². The molecule has 1 aromatic rings. The second kappa shape index (κ2) is 5.67. The van der Waals surface area contributed by atoms with Gasteiger partial charge < -0.3 is 10.1 Å². The maximum absolute atomic E-state index is 12.1. The van der Waals surface area contributed by atoms with Crippen molar-refractivity contribution in [1.29, 1.82) is 0 Å². The highest BCUT2D eigenvalue weighted by atomic mass is 32.1. The minimum atomic E-state index is -0.157. The Bertz CT molecular complexity index is 566. The highest BCUT2D eigenvalue weighted by Crippen LogP contribution is 2.22. The van der Waals surface area contributed by atoms with Gasteiger partial charge in [-0.2, -0.15) is 0 Å². The molecule has 1 aliphatic heterocycles. The van der Waals surface area contributed by atoms with Gasteiger partial charge in [-0.25, -0.2) is 0 Å². The average Bonchev–Trinajstić information content (AvgIpc) is 2.67. The first-order chi connectivity index (χ1) is 9.17. The van der Waals surface area contributed by atoms with Gasteiger partial charge in [0.1, 0.15) is 11.4 Å². The van der Waals surface area contributed by atoms with E-state index in [4.69, 9.17) is 17.0 Å². The minimum Gasteiger partial charge on any atom is -0.496 e. The summed E-state index contributed by atoms with van der Waals surface area (Å²) in [6.07, 6.45) is 3.37. The zero-order valence-electron chi connectivity index (χ0n) is 10.6. The summed E-state index contributed by atoms with van der Waals surface area (Å²) in [5.41, 5.74) is 1.26. The first-order valence-electron chi connectivity index (χ1n) is 5.76.